The van der Waals surface area contributed by atoms with E-state index >= 15 is 0 Å². The molecule has 0 saturated carbocycles. The van der Waals surface area contributed by atoms with Crippen molar-refractivity contribution >= 4 is 35.7 Å². The molecular weight excluding hydrogens is 1160 g/mol. The van der Waals surface area contributed by atoms with Gasteiger partial charge in [0.25, 0.3) is 0 Å². The van der Waals surface area contributed by atoms with Crippen LogP contribution in [0.4, 0.5) is 9.59 Å². The first kappa shape index (κ1) is 87.9. The average Bonchev–Trinajstić information content (AvgIpc) is 3.56. The van der Waals surface area contributed by atoms with E-state index in [1.165, 1.54) is 0 Å². The van der Waals surface area contributed by atoms with Crippen molar-refractivity contribution in [1.82, 2.24) is 10.6 Å². The molecule has 0 unspecified atom stereocenters. The fraction of sp³-hybridized carbons (Fsp3) is 0.651. The van der Waals surface area contributed by atoms with Crippen LogP contribution in [0.25, 0.3) is 0 Å². The second kappa shape index (κ2) is 49.4. The van der Waals surface area contributed by atoms with Crippen LogP contribution in [0.15, 0.2) is 54.6 Å². The number of carbonyl (C=O) groups excluding carboxylic acids is 4. The smallest absolute Gasteiger partial charge is 1.00 e. The zero-order chi connectivity index (χ0) is 63.6. The fourth-order valence-electron chi connectivity index (χ4n) is 6.24. The van der Waals surface area contributed by atoms with Crippen LogP contribution in [0.3, 0.4) is 0 Å². The normalized spacial score (nSPS) is 10.7. The van der Waals surface area contributed by atoms with Crippen molar-refractivity contribution in [1.29, 1.82) is 0 Å². The molecule has 0 atom stereocenters. The second-order valence-corrected chi connectivity index (χ2v) is 23.2. The first-order valence-electron chi connectivity index (χ1n) is 28.7. The minimum Gasteiger partial charge on any atom is -1.00 e. The minimum absolute atomic E-state index is 0. The molecule has 0 aliphatic heterocycles. The van der Waals surface area contributed by atoms with Crippen LogP contribution in [-0.2, 0) is 28.5 Å². The minimum atomic E-state index is -0.553. The Hall–Kier alpha value is -5.49. The predicted octanol–water partition coefficient (Wildman–Crippen LogP) is 8.96. The van der Waals surface area contributed by atoms with Crippen LogP contribution in [0, 0.1) is 0 Å². The van der Waals surface area contributed by atoms with Crippen LogP contribution in [0.5, 0.6) is 51.7 Å². The van der Waals surface area contributed by atoms with Crippen molar-refractivity contribution in [2.75, 3.05) is 78.2 Å². The number of benzene rings is 3. The van der Waals surface area contributed by atoms with E-state index in [0.29, 0.717) is 140 Å². The van der Waals surface area contributed by atoms with E-state index in [2.05, 4.69) is 10.6 Å². The third kappa shape index (κ3) is 55.6. The number of unbranched alkanes of at least 4 members (excludes halogenated alkanes) is 2. The van der Waals surface area contributed by atoms with Crippen molar-refractivity contribution in [3.05, 3.63) is 54.6 Å². The number of aromatic hydroxyl groups is 3. The monoisotopic (exact) mass is 1270 g/mol. The summed E-state index contributed by atoms with van der Waals surface area (Å²) in [5.41, 5.74) is 14.4. The number of hydrogen-bond donors (Lipinski definition) is 8. The molecule has 0 heterocycles. The number of nitrogens with one attached hydrogen (secondary N) is 2. The van der Waals surface area contributed by atoms with Gasteiger partial charge in [-0.15, -0.1) is 11.6 Å². The van der Waals surface area contributed by atoms with Gasteiger partial charge in [-0.1, -0.05) is 14.9 Å². The molecule has 0 saturated heterocycles. The Labute approximate surface area is 548 Å². The van der Waals surface area contributed by atoms with E-state index in [1.807, 2.05) is 101 Å². The van der Waals surface area contributed by atoms with Crippen molar-refractivity contribution in [2.45, 2.75) is 191 Å². The zero-order valence-electron chi connectivity index (χ0n) is 54.1. The van der Waals surface area contributed by atoms with Gasteiger partial charge in [0, 0.05) is 86.4 Å². The maximum absolute atomic E-state index is 11.9. The standard InChI is InChI=1S/C32H53NO9.C15H27N3O3.C8H16ClNO2.C6H6O3.2CH4.Na.H/c1-30(2,3)40-27(34)15-10-12-18-37-24-21-25(38-19-13-11-16-28(35)41-31(4,5)6)23-26(22-24)39-20-14-17-33-29(36)42-32(7,8)9;16-4-1-7-19-13-10-14(20-8-2-5-17)12-15(11-13)21-9-3-6-18;1-8(2,3)12-7(11)10-6-4-5-9;7-4-1-5(8)3-6(9)2-4;;;;/h21-23H,10-20H2,1-9H3,(H,33,36);10-12H,1-9,16-18H2;4-6H2,1-3H3,(H,10,11);1-3,7-9H;2*1H4;;/q;;;;;;+1;-1. The summed E-state index contributed by atoms with van der Waals surface area (Å²) < 4.78 is 55.6. The Balaban J connectivity index is -0.000000411. The average molecular weight is 1270 g/mol. The molecule has 2 amide bonds. The van der Waals surface area contributed by atoms with Crippen molar-refractivity contribution < 1.29 is 113 Å². The summed E-state index contributed by atoms with van der Waals surface area (Å²) >= 11 is 5.43. The van der Waals surface area contributed by atoms with Crippen LogP contribution in [0.2, 0.25) is 0 Å². The van der Waals surface area contributed by atoms with E-state index in [9.17, 15) is 19.2 Å². The van der Waals surface area contributed by atoms with Crippen molar-refractivity contribution in [2.24, 2.45) is 17.2 Å². The molecule has 0 radical (unpaired) electrons. The molecule has 3 rings (SSSR count). The molecule has 0 fully saturated rings. The Kier molecular flexibility index (Phi) is 49.9. The topological polar surface area (TPSA) is 323 Å². The van der Waals surface area contributed by atoms with Crippen LogP contribution < -0.4 is 85.8 Å². The molecule has 3 aromatic rings. The molecule has 0 aliphatic rings. The van der Waals surface area contributed by atoms with Crippen molar-refractivity contribution in [3.8, 4) is 51.7 Å². The number of alkyl carbamates (subject to hydrolysis) is 2. The zero-order valence-corrected chi connectivity index (χ0v) is 55.9. The van der Waals surface area contributed by atoms with Gasteiger partial charge < -0.3 is 91.9 Å². The molecule has 3 aromatic carbocycles. The van der Waals surface area contributed by atoms with Crippen LogP contribution in [0.1, 0.15) is 170 Å². The van der Waals surface area contributed by atoms with Crippen molar-refractivity contribution in [3.63, 3.8) is 0 Å². The Bertz CT molecular complexity index is 2040. The molecule has 0 aromatic heterocycles. The molecule has 0 aliphatic carbocycles. The molecule has 0 spiro atoms. The third-order valence-corrected chi connectivity index (χ3v) is 9.88. The molecular formula is C63H111ClN5NaO17. The van der Waals surface area contributed by atoms with Gasteiger partial charge in [-0.25, -0.2) is 9.59 Å². The van der Waals surface area contributed by atoms with E-state index in [1.54, 1.807) is 18.2 Å². The summed E-state index contributed by atoms with van der Waals surface area (Å²) in [6.07, 6.45) is 6.25. The number of nitrogens with two attached hydrogens (primary N) is 3. The SMILES string of the molecule is C.C.CC(C)(C)OC(=O)CCCCOc1cc(OCCCCC(=O)OC(C)(C)C)cc(OCCCNC(=O)OC(C)(C)C)c1.CC(C)(C)OC(=O)NCCCCl.NCCCOc1cc(OCCCN)cc(OCCCN)c1.Oc1cc(O)cc(O)c1.[H-].[Na+]. The number of rotatable bonds is 32. The van der Waals surface area contributed by atoms with Gasteiger partial charge in [0.2, 0.25) is 0 Å². The number of carbonyl (C=O) groups is 4. The molecule has 24 heteroatoms. The number of ether oxygens (including phenoxy) is 10. The van der Waals surface area contributed by atoms with E-state index in [-0.39, 0.29) is 81.1 Å². The van der Waals surface area contributed by atoms with Gasteiger partial charge >= 0.3 is 53.7 Å². The number of esters is 2. The van der Waals surface area contributed by atoms with E-state index in [0.717, 1.165) is 61.1 Å². The predicted molar refractivity (Wildman–Crippen MR) is 341 cm³/mol. The summed E-state index contributed by atoms with van der Waals surface area (Å²) in [5.74, 6) is 3.57. The second-order valence-electron chi connectivity index (χ2n) is 22.8. The first-order valence-corrected chi connectivity index (χ1v) is 29.2. The molecule has 22 nitrogen and oxygen atoms in total. The first-order chi connectivity index (χ1) is 39.3. The summed E-state index contributed by atoms with van der Waals surface area (Å²) in [6.45, 7) is 27.7. The van der Waals surface area contributed by atoms with E-state index in [4.69, 9.17) is 91.5 Å². The summed E-state index contributed by atoms with van der Waals surface area (Å²) in [7, 11) is 0. The third-order valence-electron chi connectivity index (χ3n) is 9.61. The summed E-state index contributed by atoms with van der Waals surface area (Å²) in [5, 5.41) is 31.3. The Morgan fingerprint density at radius 1 is 0.402 bits per heavy atom. The number of alkyl halides is 1. The number of amides is 2. The van der Waals surface area contributed by atoms with Crippen LogP contribution >= 0.6 is 11.6 Å². The molecule has 87 heavy (non-hydrogen) atoms. The number of phenolic OH excluding ortho intramolecular Hbond substituents is 3. The molecule has 498 valence electrons. The number of halogens is 1. The van der Waals surface area contributed by atoms with Gasteiger partial charge in [0.1, 0.15) is 74.1 Å². The molecule has 0 bridgehead atoms. The van der Waals surface area contributed by atoms with Gasteiger partial charge in [0.05, 0.1) is 39.6 Å². The van der Waals surface area contributed by atoms with Gasteiger partial charge in [-0.2, -0.15) is 0 Å². The summed E-state index contributed by atoms with van der Waals surface area (Å²) in [4.78, 5) is 46.6. The largest absolute Gasteiger partial charge is 1.00 e. The maximum atomic E-state index is 11.9. The van der Waals surface area contributed by atoms with Gasteiger partial charge in [-0.05, 0) is 161 Å². The number of phenols is 3. The van der Waals surface area contributed by atoms with E-state index < -0.39 is 28.5 Å². The fourth-order valence-corrected chi connectivity index (χ4v) is 6.37. The summed E-state index contributed by atoms with van der Waals surface area (Å²) in [6, 6.07) is 14.3. The maximum Gasteiger partial charge on any atom is 1.00 e. The van der Waals surface area contributed by atoms with Gasteiger partial charge in [-0.3, -0.25) is 9.59 Å². The van der Waals surface area contributed by atoms with Gasteiger partial charge in [0.15, 0.2) is 0 Å². The quantitative estimate of drug-likeness (QED) is 0.00950. The Morgan fingerprint density at radius 2 is 0.644 bits per heavy atom. The van der Waals surface area contributed by atoms with Crippen LogP contribution in [-0.4, -0.2) is 140 Å². The number of hydrogen-bond acceptors (Lipinski definition) is 20. The molecule has 11 N–H and O–H groups in total. The Morgan fingerprint density at radius 3 is 0.885 bits per heavy atom.